The van der Waals surface area contributed by atoms with Gasteiger partial charge in [-0.1, -0.05) is 17.7 Å². The number of rotatable bonds is 6. The maximum absolute atomic E-state index is 6.14. The number of hydrogen-bond donors (Lipinski definition) is 1. The van der Waals surface area contributed by atoms with E-state index in [0.717, 1.165) is 23.6 Å². The summed E-state index contributed by atoms with van der Waals surface area (Å²) in [5, 5.41) is 18.1. The number of thiophene rings is 1. The van der Waals surface area contributed by atoms with Crippen LogP contribution in [0.1, 0.15) is 4.88 Å². The molecule has 2 aromatic heterocycles. The molecule has 22 heavy (non-hydrogen) atoms. The van der Waals surface area contributed by atoms with Gasteiger partial charge in [0.25, 0.3) is 0 Å². The summed E-state index contributed by atoms with van der Waals surface area (Å²) in [6.07, 6.45) is 2.02. The van der Waals surface area contributed by atoms with E-state index in [1.165, 1.54) is 4.88 Å². The molecule has 5 nitrogen and oxygen atoms in total. The lowest BCUT2D eigenvalue weighted by Crippen LogP contribution is -2.04. The first kappa shape index (κ1) is 15.3. The van der Waals surface area contributed by atoms with Crippen LogP contribution in [0.2, 0.25) is 5.02 Å². The molecule has 0 bridgehead atoms. The average Bonchev–Trinajstić information content (AvgIpc) is 3.17. The molecular weight excluding hydrogens is 338 g/mol. The van der Waals surface area contributed by atoms with Crippen molar-refractivity contribution in [3.8, 4) is 11.4 Å². The molecule has 0 spiro atoms. The normalized spacial score (nSPS) is 10.8. The van der Waals surface area contributed by atoms with E-state index in [9.17, 15) is 0 Å². The predicted octanol–water partition coefficient (Wildman–Crippen LogP) is 3.99. The zero-order valence-electron chi connectivity index (χ0n) is 11.9. The van der Waals surface area contributed by atoms with E-state index in [1.807, 2.05) is 30.5 Å². The first-order chi connectivity index (χ1) is 10.8. The third-order valence-corrected chi connectivity index (χ3v) is 4.65. The van der Waals surface area contributed by atoms with Gasteiger partial charge in [-0.2, -0.15) is 0 Å². The van der Waals surface area contributed by atoms with Crippen LogP contribution in [-0.4, -0.2) is 26.5 Å². The molecule has 1 N–H and O–H groups in total. The van der Waals surface area contributed by atoms with Crippen LogP contribution in [-0.2, 0) is 12.4 Å². The Bertz CT molecular complexity index is 742. The van der Waals surface area contributed by atoms with Crippen molar-refractivity contribution in [2.24, 2.45) is 0 Å². The van der Waals surface area contributed by atoms with Crippen molar-refractivity contribution in [1.82, 2.24) is 20.2 Å². The van der Waals surface area contributed by atoms with E-state index in [4.69, 9.17) is 11.6 Å². The Kier molecular flexibility index (Phi) is 4.97. The fourth-order valence-electron chi connectivity index (χ4n) is 2.06. The molecule has 1 aromatic carbocycles. The van der Waals surface area contributed by atoms with Crippen LogP contribution >= 0.6 is 34.7 Å². The van der Waals surface area contributed by atoms with Crippen molar-refractivity contribution in [3.05, 3.63) is 45.6 Å². The highest BCUT2D eigenvalue weighted by atomic mass is 35.5. The number of tetrazole rings is 1. The molecule has 3 aromatic rings. The summed E-state index contributed by atoms with van der Waals surface area (Å²) in [5.41, 5.74) is 1.87. The first-order valence-electron chi connectivity index (χ1n) is 6.59. The van der Waals surface area contributed by atoms with Crippen LogP contribution in [0.5, 0.6) is 0 Å². The van der Waals surface area contributed by atoms with Gasteiger partial charge in [0.2, 0.25) is 0 Å². The third-order valence-electron chi connectivity index (χ3n) is 3.04. The molecule has 8 heteroatoms. The van der Waals surface area contributed by atoms with Crippen LogP contribution in [0.25, 0.3) is 11.4 Å². The van der Waals surface area contributed by atoms with Gasteiger partial charge >= 0.3 is 0 Å². The highest BCUT2D eigenvalue weighted by molar-refractivity contribution is 7.97. The van der Waals surface area contributed by atoms with Gasteiger partial charge in [0.1, 0.15) is 0 Å². The Hall–Kier alpha value is -1.57. The molecule has 0 aliphatic carbocycles. The van der Waals surface area contributed by atoms with Gasteiger partial charge in [-0.15, -0.1) is 28.2 Å². The summed E-state index contributed by atoms with van der Waals surface area (Å²) < 4.78 is 1.78. The maximum Gasteiger partial charge on any atom is 0.184 e. The second-order valence-corrected chi connectivity index (χ2v) is 6.85. The molecule has 2 heterocycles. The molecule has 0 aliphatic heterocycles. The van der Waals surface area contributed by atoms with E-state index in [0.29, 0.717) is 10.9 Å². The van der Waals surface area contributed by atoms with E-state index >= 15 is 0 Å². The molecule has 0 radical (unpaired) electrons. The summed E-state index contributed by atoms with van der Waals surface area (Å²) in [6, 6.07) is 9.84. The molecule has 0 aliphatic rings. The van der Waals surface area contributed by atoms with E-state index in [2.05, 4.69) is 32.3 Å². The number of anilines is 1. The number of nitrogens with zero attached hydrogens (tertiary/aromatic N) is 4. The van der Waals surface area contributed by atoms with Crippen LogP contribution in [0.15, 0.2) is 35.7 Å². The zero-order chi connectivity index (χ0) is 15.4. The van der Waals surface area contributed by atoms with Gasteiger partial charge in [-0.25, -0.2) is 4.68 Å². The monoisotopic (exact) mass is 351 g/mol. The largest absolute Gasteiger partial charge is 0.380 e. The van der Waals surface area contributed by atoms with Crippen molar-refractivity contribution >= 4 is 40.4 Å². The fraction of sp³-hybridized carbons (Fsp3) is 0.214. The molecule has 3 rings (SSSR count). The van der Waals surface area contributed by atoms with Crippen LogP contribution < -0.4 is 5.32 Å². The van der Waals surface area contributed by atoms with Gasteiger partial charge in [0.15, 0.2) is 5.82 Å². The minimum absolute atomic E-state index is 0.682. The lowest BCUT2D eigenvalue weighted by Gasteiger charge is -2.11. The van der Waals surface area contributed by atoms with Gasteiger partial charge in [0, 0.05) is 27.7 Å². The minimum atomic E-state index is 0.682. The lowest BCUT2D eigenvalue weighted by molar-refractivity contribution is 0.703. The Labute approximate surface area is 141 Å². The van der Waals surface area contributed by atoms with Gasteiger partial charge < -0.3 is 5.32 Å². The molecular formula is C14H14ClN5S2. The predicted molar refractivity (Wildman–Crippen MR) is 93.4 cm³/mol. The second kappa shape index (κ2) is 7.13. The molecule has 0 saturated carbocycles. The zero-order valence-corrected chi connectivity index (χ0v) is 14.3. The Morgan fingerprint density at radius 1 is 1.36 bits per heavy atom. The lowest BCUT2D eigenvalue weighted by atomic mass is 10.1. The fourth-order valence-corrected chi connectivity index (χ4v) is 3.30. The van der Waals surface area contributed by atoms with Crippen molar-refractivity contribution in [2.45, 2.75) is 12.4 Å². The van der Waals surface area contributed by atoms with Gasteiger partial charge in [-0.3, -0.25) is 0 Å². The second-order valence-electron chi connectivity index (χ2n) is 4.54. The van der Waals surface area contributed by atoms with Crippen LogP contribution in [0, 0.1) is 0 Å². The molecule has 114 valence electrons. The quantitative estimate of drug-likeness (QED) is 0.727. The number of aromatic nitrogens is 4. The van der Waals surface area contributed by atoms with Gasteiger partial charge in [-0.05, 0) is 46.3 Å². The summed E-state index contributed by atoms with van der Waals surface area (Å²) in [5.74, 6) is 1.44. The minimum Gasteiger partial charge on any atom is -0.380 e. The Morgan fingerprint density at radius 3 is 3.05 bits per heavy atom. The van der Waals surface area contributed by atoms with Crippen molar-refractivity contribution < 1.29 is 0 Å². The molecule has 0 fully saturated rings. The number of hydrogen-bond acceptors (Lipinski definition) is 6. The topological polar surface area (TPSA) is 55.6 Å². The molecule has 0 saturated heterocycles. The number of thioether (sulfide) groups is 1. The van der Waals surface area contributed by atoms with Crippen LogP contribution in [0.3, 0.4) is 0 Å². The molecule has 0 atom stereocenters. The number of halogens is 1. The van der Waals surface area contributed by atoms with Gasteiger partial charge in [0.05, 0.1) is 5.88 Å². The highest BCUT2D eigenvalue weighted by Gasteiger charge is 2.13. The smallest absolute Gasteiger partial charge is 0.184 e. The number of benzene rings is 1. The first-order valence-corrected chi connectivity index (χ1v) is 9.24. The molecule has 0 amide bonds. The van der Waals surface area contributed by atoms with Crippen molar-refractivity contribution in [2.75, 3.05) is 11.6 Å². The summed E-state index contributed by atoms with van der Waals surface area (Å²) in [6.45, 7) is 0.745. The van der Waals surface area contributed by atoms with E-state index in [1.54, 1.807) is 27.8 Å². The highest BCUT2D eigenvalue weighted by Crippen LogP contribution is 2.30. The van der Waals surface area contributed by atoms with Crippen molar-refractivity contribution in [1.29, 1.82) is 0 Å². The Morgan fingerprint density at radius 2 is 2.27 bits per heavy atom. The van der Waals surface area contributed by atoms with E-state index in [-0.39, 0.29) is 0 Å². The summed E-state index contributed by atoms with van der Waals surface area (Å²) >= 11 is 9.52. The SMILES string of the molecule is CSCn1nnnc1-c1ccc(Cl)cc1NCc1cccs1. The summed E-state index contributed by atoms with van der Waals surface area (Å²) in [4.78, 5) is 1.26. The van der Waals surface area contributed by atoms with Crippen LogP contribution in [0.4, 0.5) is 5.69 Å². The molecule has 0 unspecified atom stereocenters. The Balaban J connectivity index is 1.91. The number of nitrogens with one attached hydrogen (secondary N) is 1. The van der Waals surface area contributed by atoms with Crippen molar-refractivity contribution in [3.63, 3.8) is 0 Å². The van der Waals surface area contributed by atoms with E-state index < -0.39 is 0 Å². The third kappa shape index (κ3) is 3.43. The standard InChI is InChI=1S/C14H14ClN5S2/c1-21-9-20-14(17-18-19-20)12-5-4-10(15)7-13(12)16-8-11-3-2-6-22-11/h2-7,16H,8-9H2,1H3. The maximum atomic E-state index is 6.14. The summed E-state index contributed by atoms with van der Waals surface area (Å²) in [7, 11) is 0. The average molecular weight is 352 g/mol.